The number of ether oxygens (including phenoxy) is 1. The van der Waals surface area contributed by atoms with Gasteiger partial charge >= 0.3 is 0 Å². The van der Waals surface area contributed by atoms with Gasteiger partial charge in [0.15, 0.2) is 0 Å². The van der Waals surface area contributed by atoms with E-state index < -0.39 is 0 Å². The Balaban J connectivity index is 0.00000225. The number of nitrogens with zero attached hydrogens (tertiary/aromatic N) is 1. The Hall–Kier alpha value is -2.04. The largest absolute Gasteiger partial charge is 0.489 e. The molecular weight excluding hydrogens is 336 g/mol. The van der Waals surface area contributed by atoms with Crippen LogP contribution < -0.4 is 10.1 Å². The maximum absolute atomic E-state index is 12.6. The Bertz CT molecular complexity index is 655. The summed E-state index contributed by atoms with van der Waals surface area (Å²) < 4.78 is 5.77. The predicted octanol–water partition coefficient (Wildman–Crippen LogP) is 3.51. The minimum absolute atomic E-state index is 0. The van der Waals surface area contributed by atoms with Gasteiger partial charge in [-0.25, -0.2) is 0 Å². The molecule has 2 aromatic carbocycles. The third-order valence-corrected chi connectivity index (χ3v) is 4.49. The van der Waals surface area contributed by atoms with Crippen molar-refractivity contribution in [1.82, 2.24) is 10.2 Å². The molecule has 3 rings (SSSR count). The number of amides is 1. The second-order valence-electron chi connectivity index (χ2n) is 6.21. The second-order valence-corrected chi connectivity index (χ2v) is 6.21. The molecule has 0 spiro atoms. The Morgan fingerprint density at radius 1 is 1.16 bits per heavy atom. The van der Waals surface area contributed by atoms with E-state index in [0.29, 0.717) is 12.2 Å². The Labute approximate surface area is 155 Å². The minimum atomic E-state index is 0. The summed E-state index contributed by atoms with van der Waals surface area (Å²) >= 11 is 0. The normalized spacial score (nSPS) is 16.6. The zero-order valence-corrected chi connectivity index (χ0v) is 15.3. The molecular formula is C20H25ClN2O2. The number of piperidine rings is 1. The summed E-state index contributed by atoms with van der Waals surface area (Å²) in [6.45, 7) is 2.45. The zero-order valence-electron chi connectivity index (χ0n) is 14.5. The number of benzene rings is 2. The van der Waals surface area contributed by atoms with Crippen molar-refractivity contribution in [3.8, 4) is 5.75 Å². The van der Waals surface area contributed by atoms with Gasteiger partial charge in [0.1, 0.15) is 12.4 Å². The van der Waals surface area contributed by atoms with Crippen LogP contribution in [-0.2, 0) is 6.61 Å². The first kappa shape index (κ1) is 19.3. The van der Waals surface area contributed by atoms with Crippen LogP contribution >= 0.6 is 12.4 Å². The molecule has 1 amide bonds. The van der Waals surface area contributed by atoms with Crippen molar-refractivity contribution in [3.05, 3.63) is 65.7 Å². The third kappa shape index (κ3) is 5.21. The highest BCUT2D eigenvalue weighted by atomic mass is 35.5. The van der Waals surface area contributed by atoms with Crippen LogP contribution in [0.3, 0.4) is 0 Å². The number of carbonyl (C=O) groups is 1. The quantitative estimate of drug-likeness (QED) is 0.887. The lowest BCUT2D eigenvalue weighted by molar-refractivity contribution is 0.0708. The predicted molar refractivity (Wildman–Crippen MR) is 102 cm³/mol. The van der Waals surface area contributed by atoms with Gasteiger partial charge in [-0.3, -0.25) is 4.79 Å². The first-order valence-electron chi connectivity index (χ1n) is 8.49. The summed E-state index contributed by atoms with van der Waals surface area (Å²) in [6.07, 6.45) is 2.18. The average molecular weight is 361 g/mol. The zero-order chi connectivity index (χ0) is 16.8. The number of rotatable bonds is 5. The van der Waals surface area contributed by atoms with Gasteiger partial charge in [-0.1, -0.05) is 30.3 Å². The van der Waals surface area contributed by atoms with Gasteiger partial charge in [0, 0.05) is 25.2 Å². The molecule has 4 nitrogen and oxygen atoms in total. The lowest BCUT2D eigenvalue weighted by Gasteiger charge is -2.31. The van der Waals surface area contributed by atoms with E-state index in [4.69, 9.17) is 4.74 Å². The smallest absolute Gasteiger partial charge is 0.253 e. The maximum atomic E-state index is 12.6. The fourth-order valence-corrected chi connectivity index (χ4v) is 2.97. The molecule has 1 N–H and O–H groups in total. The van der Waals surface area contributed by atoms with E-state index in [0.717, 1.165) is 37.2 Å². The monoisotopic (exact) mass is 360 g/mol. The van der Waals surface area contributed by atoms with Gasteiger partial charge in [0.25, 0.3) is 5.91 Å². The molecule has 1 aliphatic rings. The van der Waals surface area contributed by atoms with Gasteiger partial charge in [-0.15, -0.1) is 12.4 Å². The third-order valence-electron chi connectivity index (χ3n) is 4.49. The van der Waals surface area contributed by atoms with Crippen LogP contribution in [0.25, 0.3) is 0 Å². The van der Waals surface area contributed by atoms with E-state index in [1.807, 2.05) is 66.5 Å². The molecule has 1 fully saturated rings. The molecule has 0 aromatic heterocycles. The SMILES string of the molecule is CN(C(=O)c1ccc(OCc2ccccc2)cc1)C1CCCNC1.Cl. The summed E-state index contributed by atoms with van der Waals surface area (Å²) in [5, 5.41) is 3.35. The van der Waals surface area contributed by atoms with Crippen LogP contribution in [0.1, 0.15) is 28.8 Å². The summed E-state index contributed by atoms with van der Waals surface area (Å²) in [5.41, 5.74) is 1.83. The van der Waals surface area contributed by atoms with Crippen molar-refractivity contribution in [1.29, 1.82) is 0 Å². The topological polar surface area (TPSA) is 41.6 Å². The van der Waals surface area contributed by atoms with Crippen molar-refractivity contribution in [2.75, 3.05) is 20.1 Å². The highest BCUT2D eigenvalue weighted by Crippen LogP contribution is 2.17. The van der Waals surface area contributed by atoms with Crippen molar-refractivity contribution in [2.45, 2.75) is 25.5 Å². The van der Waals surface area contributed by atoms with Crippen LogP contribution in [0.4, 0.5) is 0 Å². The maximum Gasteiger partial charge on any atom is 0.253 e. The summed E-state index contributed by atoms with van der Waals surface area (Å²) in [7, 11) is 1.89. The minimum Gasteiger partial charge on any atom is -0.489 e. The first-order valence-corrected chi connectivity index (χ1v) is 8.49. The molecule has 2 aromatic rings. The van der Waals surface area contributed by atoms with Gasteiger partial charge in [0.2, 0.25) is 0 Å². The van der Waals surface area contributed by atoms with Gasteiger partial charge in [0.05, 0.1) is 0 Å². The van der Waals surface area contributed by atoms with Gasteiger partial charge in [-0.2, -0.15) is 0 Å². The molecule has 134 valence electrons. The van der Waals surface area contributed by atoms with E-state index >= 15 is 0 Å². The number of nitrogens with one attached hydrogen (secondary N) is 1. The van der Waals surface area contributed by atoms with E-state index in [-0.39, 0.29) is 24.4 Å². The molecule has 1 aliphatic heterocycles. The number of hydrogen-bond acceptors (Lipinski definition) is 3. The Morgan fingerprint density at radius 2 is 1.88 bits per heavy atom. The highest BCUT2D eigenvalue weighted by Gasteiger charge is 2.22. The Kier molecular flexibility index (Phi) is 7.29. The van der Waals surface area contributed by atoms with Crippen molar-refractivity contribution >= 4 is 18.3 Å². The Morgan fingerprint density at radius 3 is 2.52 bits per heavy atom. The molecule has 5 heteroatoms. The van der Waals surface area contributed by atoms with Crippen molar-refractivity contribution < 1.29 is 9.53 Å². The molecule has 1 atom stereocenters. The lowest BCUT2D eigenvalue weighted by atomic mass is 10.1. The molecule has 1 heterocycles. The summed E-state index contributed by atoms with van der Waals surface area (Å²) in [6, 6.07) is 17.7. The standard InChI is InChI=1S/C20H24N2O2.ClH/c1-22(18-8-5-13-21-14-18)20(23)17-9-11-19(12-10-17)24-15-16-6-3-2-4-7-16;/h2-4,6-7,9-12,18,21H,5,8,13-15H2,1H3;1H. The molecule has 25 heavy (non-hydrogen) atoms. The second kappa shape index (κ2) is 9.44. The molecule has 0 saturated carbocycles. The van der Waals surface area contributed by atoms with E-state index in [2.05, 4.69) is 5.32 Å². The summed E-state index contributed by atoms with van der Waals surface area (Å²) in [5.74, 6) is 0.843. The highest BCUT2D eigenvalue weighted by molar-refractivity contribution is 5.94. The average Bonchev–Trinajstić information content (AvgIpc) is 2.67. The fourth-order valence-electron chi connectivity index (χ4n) is 2.97. The van der Waals surface area contributed by atoms with Gasteiger partial charge < -0.3 is 15.0 Å². The molecule has 0 radical (unpaired) electrons. The van der Waals surface area contributed by atoms with Crippen LogP contribution in [0.15, 0.2) is 54.6 Å². The van der Waals surface area contributed by atoms with Crippen LogP contribution in [0.2, 0.25) is 0 Å². The van der Waals surface area contributed by atoms with Crippen molar-refractivity contribution in [3.63, 3.8) is 0 Å². The number of carbonyl (C=O) groups excluding carboxylic acids is 1. The van der Waals surface area contributed by atoms with Crippen LogP contribution in [0, 0.1) is 0 Å². The van der Waals surface area contributed by atoms with Crippen molar-refractivity contribution in [2.24, 2.45) is 0 Å². The van der Waals surface area contributed by atoms with Gasteiger partial charge in [-0.05, 0) is 49.2 Å². The number of halogens is 1. The molecule has 0 bridgehead atoms. The molecule has 0 aliphatic carbocycles. The van der Waals surface area contributed by atoms with E-state index in [9.17, 15) is 4.79 Å². The molecule has 1 unspecified atom stereocenters. The summed E-state index contributed by atoms with van der Waals surface area (Å²) in [4.78, 5) is 14.4. The van der Waals surface area contributed by atoms with Crippen LogP contribution in [-0.4, -0.2) is 37.0 Å². The fraction of sp³-hybridized carbons (Fsp3) is 0.350. The molecule has 1 saturated heterocycles. The van der Waals surface area contributed by atoms with E-state index in [1.54, 1.807) is 0 Å². The van der Waals surface area contributed by atoms with Crippen LogP contribution in [0.5, 0.6) is 5.75 Å². The number of hydrogen-bond donors (Lipinski definition) is 1. The van der Waals surface area contributed by atoms with E-state index in [1.165, 1.54) is 0 Å². The lowest BCUT2D eigenvalue weighted by Crippen LogP contribution is -2.46. The first-order chi connectivity index (χ1) is 11.7. The number of likely N-dealkylation sites (N-methyl/N-ethyl adjacent to an activating group) is 1.